The molecule has 1 amide bonds. The Bertz CT molecular complexity index is 1120. The molecule has 0 bridgehead atoms. The molecule has 0 saturated carbocycles. The van der Waals surface area contributed by atoms with Crippen LogP contribution in [0.2, 0.25) is 0 Å². The number of nitrogens with zero attached hydrogens (tertiary/aromatic N) is 3. The highest BCUT2D eigenvalue weighted by Gasteiger charge is 2.20. The molecule has 7 heteroatoms. The van der Waals surface area contributed by atoms with Crippen molar-refractivity contribution in [3.05, 3.63) is 84.4 Å². The lowest BCUT2D eigenvalue weighted by molar-refractivity contribution is -0.118. The average Bonchev–Trinajstić information content (AvgIpc) is 3.19. The Balaban J connectivity index is 1.48. The molecule has 0 saturated heterocycles. The summed E-state index contributed by atoms with van der Waals surface area (Å²) in [5, 5.41) is 0.591. The van der Waals surface area contributed by atoms with Crippen LogP contribution >= 0.6 is 23.1 Å². The first-order chi connectivity index (χ1) is 14.7. The van der Waals surface area contributed by atoms with Crippen LogP contribution in [-0.2, 0) is 11.3 Å². The van der Waals surface area contributed by atoms with E-state index in [0.717, 1.165) is 22.4 Å². The van der Waals surface area contributed by atoms with Gasteiger partial charge in [-0.25, -0.2) is 9.37 Å². The summed E-state index contributed by atoms with van der Waals surface area (Å²) in [4.78, 5) is 24.6. The molecule has 152 valence electrons. The van der Waals surface area contributed by atoms with Crippen LogP contribution in [0.4, 0.5) is 9.52 Å². The van der Waals surface area contributed by atoms with E-state index in [4.69, 9.17) is 0 Å². The summed E-state index contributed by atoms with van der Waals surface area (Å²) in [6.45, 7) is 0.412. The minimum Gasteiger partial charge on any atom is -0.284 e. The number of amides is 1. The first-order valence-corrected chi connectivity index (χ1v) is 11.4. The van der Waals surface area contributed by atoms with Crippen molar-refractivity contribution in [3.63, 3.8) is 0 Å². The molecular formula is C23H20FN3OS2. The van der Waals surface area contributed by atoms with Gasteiger partial charge in [0.05, 0.1) is 16.8 Å². The van der Waals surface area contributed by atoms with Gasteiger partial charge in [0.25, 0.3) is 0 Å². The lowest BCUT2D eigenvalue weighted by Crippen LogP contribution is -2.30. The summed E-state index contributed by atoms with van der Waals surface area (Å²) in [7, 11) is 0. The highest BCUT2D eigenvalue weighted by atomic mass is 32.2. The minimum atomic E-state index is -0.303. The number of rotatable bonds is 8. The fourth-order valence-electron chi connectivity index (χ4n) is 3.00. The number of aromatic nitrogens is 2. The third-order valence-corrected chi connectivity index (χ3v) is 6.65. The first kappa shape index (κ1) is 20.5. The van der Waals surface area contributed by atoms with E-state index in [9.17, 15) is 9.18 Å². The third kappa shape index (κ3) is 5.23. The average molecular weight is 438 g/mol. The SMILES string of the molecule is O=C(CCCSc1ccccc1)N(Cc1ccncc1)c1nc2ccc(F)cc2s1. The molecular weight excluding hydrogens is 417 g/mol. The monoisotopic (exact) mass is 437 g/mol. The standard InChI is InChI=1S/C23H20FN3OS2/c24-18-8-9-20-21(15-18)30-23(26-20)27(16-17-10-12-25-13-11-17)22(28)7-4-14-29-19-5-2-1-3-6-19/h1-3,5-6,8-13,15H,4,7,14,16H2. The molecule has 0 aliphatic rings. The Labute approximate surface area is 182 Å². The molecule has 0 spiro atoms. The van der Waals surface area contributed by atoms with Gasteiger partial charge in [-0.1, -0.05) is 29.5 Å². The maximum absolute atomic E-state index is 13.6. The Morgan fingerprint density at radius 3 is 2.67 bits per heavy atom. The van der Waals surface area contributed by atoms with Gasteiger partial charge in [0.1, 0.15) is 5.82 Å². The van der Waals surface area contributed by atoms with E-state index >= 15 is 0 Å². The second-order valence-electron chi connectivity index (χ2n) is 6.71. The van der Waals surface area contributed by atoms with Crippen LogP contribution in [0.25, 0.3) is 10.2 Å². The minimum absolute atomic E-state index is 0.0139. The van der Waals surface area contributed by atoms with Crippen LogP contribution in [-0.4, -0.2) is 21.6 Å². The fourth-order valence-corrected chi connectivity index (χ4v) is 4.88. The Morgan fingerprint density at radius 2 is 1.87 bits per heavy atom. The van der Waals surface area contributed by atoms with Gasteiger partial charge in [-0.15, -0.1) is 11.8 Å². The smallest absolute Gasteiger partial charge is 0.229 e. The molecule has 0 N–H and O–H groups in total. The van der Waals surface area contributed by atoms with Crippen molar-refractivity contribution in [1.82, 2.24) is 9.97 Å². The molecule has 0 fully saturated rings. The normalized spacial score (nSPS) is 11.0. The van der Waals surface area contributed by atoms with Crippen molar-refractivity contribution in [2.24, 2.45) is 0 Å². The summed E-state index contributed by atoms with van der Waals surface area (Å²) in [5.74, 6) is 0.576. The van der Waals surface area contributed by atoms with Crippen molar-refractivity contribution in [2.45, 2.75) is 24.3 Å². The zero-order chi connectivity index (χ0) is 20.8. The van der Waals surface area contributed by atoms with Gasteiger partial charge in [-0.05, 0) is 60.2 Å². The van der Waals surface area contributed by atoms with E-state index < -0.39 is 0 Å². The van der Waals surface area contributed by atoms with Gasteiger partial charge in [-0.3, -0.25) is 14.7 Å². The Hall–Kier alpha value is -2.77. The van der Waals surface area contributed by atoms with Crippen molar-refractivity contribution in [1.29, 1.82) is 0 Å². The van der Waals surface area contributed by atoms with Crippen LogP contribution in [0.5, 0.6) is 0 Å². The van der Waals surface area contributed by atoms with Gasteiger partial charge >= 0.3 is 0 Å². The van der Waals surface area contributed by atoms with Gasteiger partial charge < -0.3 is 0 Å². The number of hydrogen-bond donors (Lipinski definition) is 0. The van der Waals surface area contributed by atoms with Crippen LogP contribution in [0.3, 0.4) is 0 Å². The number of thiazole rings is 1. The molecule has 4 nitrogen and oxygen atoms in total. The fraction of sp³-hybridized carbons (Fsp3) is 0.174. The third-order valence-electron chi connectivity index (χ3n) is 4.51. The number of hydrogen-bond acceptors (Lipinski definition) is 5. The summed E-state index contributed by atoms with van der Waals surface area (Å²) >= 11 is 3.08. The topological polar surface area (TPSA) is 46.1 Å². The maximum atomic E-state index is 13.6. The first-order valence-electron chi connectivity index (χ1n) is 9.62. The number of fused-ring (bicyclic) bond motifs is 1. The molecule has 2 aromatic heterocycles. The van der Waals surface area contributed by atoms with Gasteiger partial charge in [-0.2, -0.15) is 0 Å². The molecule has 0 atom stereocenters. The number of thioether (sulfide) groups is 1. The van der Waals surface area contributed by atoms with Crippen molar-refractivity contribution in [3.8, 4) is 0 Å². The molecule has 30 heavy (non-hydrogen) atoms. The predicted molar refractivity (Wildman–Crippen MR) is 121 cm³/mol. The number of carbonyl (C=O) groups excluding carboxylic acids is 1. The zero-order valence-corrected chi connectivity index (χ0v) is 17.8. The molecule has 0 radical (unpaired) electrons. The summed E-state index contributed by atoms with van der Waals surface area (Å²) in [5.41, 5.74) is 1.67. The van der Waals surface area contributed by atoms with E-state index in [2.05, 4.69) is 22.1 Å². The van der Waals surface area contributed by atoms with Gasteiger partial charge in [0.15, 0.2) is 5.13 Å². The maximum Gasteiger partial charge on any atom is 0.229 e. The predicted octanol–water partition coefficient (Wildman–Crippen LogP) is 5.94. The summed E-state index contributed by atoms with van der Waals surface area (Å²) < 4.78 is 14.3. The molecule has 0 unspecified atom stereocenters. The Kier molecular flexibility index (Phi) is 6.71. The van der Waals surface area contributed by atoms with Crippen LogP contribution in [0, 0.1) is 5.82 Å². The number of carbonyl (C=O) groups is 1. The van der Waals surface area contributed by atoms with E-state index in [1.807, 2.05) is 30.3 Å². The second-order valence-corrected chi connectivity index (χ2v) is 8.89. The largest absolute Gasteiger partial charge is 0.284 e. The lowest BCUT2D eigenvalue weighted by Gasteiger charge is -2.20. The number of anilines is 1. The number of pyridine rings is 1. The molecule has 0 aliphatic heterocycles. The molecule has 2 aromatic carbocycles. The number of halogens is 1. The van der Waals surface area contributed by atoms with Crippen LogP contribution in [0.1, 0.15) is 18.4 Å². The molecule has 2 heterocycles. The van der Waals surface area contributed by atoms with Crippen LogP contribution < -0.4 is 4.90 Å². The summed E-state index contributed by atoms with van der Waals surface area (Å²) in [6, 6.07) is 18.4. The van der Waals surface area contributed by atoms with Gasteiger partial charge in [0.2, 0.25) is 5.91 Å². The second kappa shape index (κ2) is 9.82. The lowest BCUT2D eigenvalue weighted by atomic mass is 10.2. The molecule has 0 aliphatic carbocycles. The zero-order valence-electron chi connectivity index (χ0n) is 16.2. The van der Waals surface area contributed by atoms with Crippen molar-refractivity contribution in [2.75, 3.05) is 10.7 Å². The van der Waals surface area contributed by atoms with Gasteiger partial charge in [0, 0.05) is 23.7 Å². The van der Waals surface area contributed by atoms with E-state index in [1.54, 1.807) is 35.1 Å². The van der Waals surface area contributed by atoms with Crippen molar-refractivity contribution >= 4 is 44.4 Å². The summed E-state index contributed by atoms with van der Waals surface area (Å²) in [6.07, 6.45) is 4.62. The highest BCUT2D eigenvalue weighted by Crippen LogP contribution is 2.31. The number of benzene rings is 2. The molecule has 4 rings (SSSR count). The van der Waals surface area contributed by atoms with E-state index in [0.29, 0.717) is 23.6 Å². The quantitative estimate of drug-likeness (QED) is 0.253. The molecule has 4 aromatic rings. The van der Waals surface area contributed by atoms with Crippen LogP contribution in [0.15, 0.2) is 78.0 Å². The Morgan fingerprint density at radius 1 is 1.07 bits per heavy atom. The van der Waals surface area contributed by atoms with Crippen molar-refractivity contribution < 1.29 is 9.18 Å². The van der Waals surface area contributed by atoms with E-state index in [-0.39, 0.29) is 11.7 Å². The highest BCUT2D eigenvalue weighted by molar-refractivity contribution is 7.99. The van der Waals surface area contributed by atoms with E-state index in [1.165, 1.54) is 28.4 Å².